The van der Waals surface area contributed by atoms with Gasteiger partial charge in [0.05, 0.1) is 23.4 Å². The number of carbonyl (C=O) groups is 1. The van der Waals surface area contributed by atoms with Gasteiger partial charge in [0.15, 0.2) is 11.6 Å². The van der Waals surface area contributed by atoms with Crippen LogP contribution in [0.25, 0.3) is 0 Å². The Labute approximate surface area is 185 Å². The molecule has 0 spiro atoms. The Morgan fingerprint density at radius 2 is 1.81 bits per heavy atom. The minimum atomic E-state index is -4.71. The first-order chi connectivity index (χ1) is 15.2. The van der Waals surface area contributed by atoms with Crippen LogP contribution < -0.4 is 20.1 Å². The average Bonchev–Trinajstić information content (AvgIpc) is 2.75. The fourth-order valence-corrected chi connectivity index (χ4v) is 2.92. The molecule has 0 fully saturated rings. The lowest BCUT2D eigenvalue weighted by Gasteiger charge is -2.16. The van der Waals surface area contributed by atoms with Gasteiger partial charge in [0.1, 0.15) is 11.5 Å². The highest BCUT2D eigenvalue weighted by Crippen LogP contribution is 2.40. The van der Waals surface area contributed by atoms with Gasteiger partial charge in [-0.2, -0.15) is 13.2 Å². The number of hydrogen-bond acceptors (Lipinski definition) is 4. The number of pyridine rings is 1. The van der Waals surface area contributed by atoms with Crippen molar-refractivity contribution in [3.05, 3.63) is 76.8 Å². The Balaban J connectivity index is 1.65. The molecule has 0 saturated heterocycles. The van der Waals surface area contributed by atoms with E-state index < -0.39 is 28.6 Å². The third-order valence-electron chi connectivity index (χ3n) is 4.17. The van der Waals surface area contributed by atoms with E-state index in [1.54, 1.807) is 12.1 Å². The van der Waals surface area contributed by atoms with Crippen LogP contribution in [0, 0.1) is 5.82 Å². The number of nitrogens with one attached hydrogen (secondary N) is 2. The summed E-state index contributed by atoms with van der Waals surface area (Å²) >= 11 is 5.64. The molecule has 0 radical (unpaired) electrons. The van der Waals surface area contributed by atoms with Crippen LogP contribution in [0.2, 0.25) is 5.02 Å². The summed E-state index contributed by atoms with van der Waals surface area (Å²) in [6.45, 7) is -0.0969. The Morgan fingerprint density at radius 3 is 2.44 bits per heavy atom. The number of alkyl halides is 3. The second-order valence-corrected chi connectivity index (χ2v) is 6.79. The van der Waals surface area contributed by atoms with Crippen LogP contribution in [0.3, 0.4) is 0 Å². The van der Waals surface area contributed by atoms with Gasteiger partial charge in [-0.25, -0.2) is 9.18 Å². The van der Waals surface area contributed by atoms with E-state index >= 15 is 0 Å². The van der Waals surface area contributed by atoms with Crippen LogP contribution in [-0.4, -0.2) is 18.1 Å². The molecule has 6 nitrogen and oxygen atoms in total. The maximum atomic E-state index is 14.3. The lowest BCUT2D eigenvalue weighted by Crippen LogP contribution is -2.28. The molecule has 0 saturated carbocycles. The van der Waals surface area contributed by atoms with Crippen LogP contribution >= 0.6 is 11.6 Å². The predicted molar refractivity (Wildman–Crippen MR) is 110 cm³/mol. The standard InChI is InChI=1S/C21H16ClF4N3O3/c1-31-19-10-15(22)14(21(24,25)26)9-17(19)29-20(30)28-11-12-2-3-18(16(23)8-12)32-13-4-6-27-7-5-13/h2-10H,11H2,1H3,(H2,28,29,30). The van der Waals surface area contributed by atoms with Gasteiger partial charge in [-0.1, -0.05) is 17.7 Å². The maximum Gasteiger partial charge on any atom is 0.417 e. The first-order valence-corrected chi connectivity index (χ1v) is 9.41. The maximum absolute atomic E-state index is 14.3. The number of nitrogens with zero attached hydrogens (tertiary/aromatic N) is 1. The van der Waals surface area contributed by atoms with Gasteiger partial charge in [-0.05, 0) is 35.9 Å². The van der Waals surface area contributed by atoms with E-state index in [0.717, 1.165) is 6.07 Å². The summed E-state index contributed by atoms with van der Waals surface area (Å²) in [5, 5.41) is 4.14. The summed E-state index contributed by atoms with van der Waals surface area (Å²) in [5.74, 6) is -0.327. The van der Waals surface area contributed by atoms with Gasteiger partial charge >= 0.3 is 12.2 Å². The molecule has 0 unspecified atom stereocenters. The molecule has 168 valence electrons. The van der Waals surface area contributed by atoms with E-state index in [2.05, 4.69) is 15.6 Å². The quantitative estimate of drug-likeness (QED) is 0.433. The number of halogens is 5. The van der Waals surface area contributed by atoms with Gasteiger partial charge in [-0.15, -0.1) is 0 Å². The third kappa shape index (κ3) is 5.79. The molecule has 32 heavy (non-hydrogen) atoms. The Bertz CT molecular complexity index is 1110. The van der Waals surface area contributed by atoms with Crippen molar-refractivity contribution in [2.45, 2.75) is 12.7 Å². The van der Waals surface area contributed by atoms with E-state index in [1.165, 1.54) is 37.7 Å². The zero-order valence-corrected chi connectivity index (χ0v) is 17.2. The highest BCUT2D eigenvalue weighted by Gasteiger charge is 2.34. The summed E-state index contributed by atoms with van der Waals surface area (Å²) in [4.78, 5) is 16.0. The van der Waals surface area contributed by atoms with Crippen molar-refractivity contribution in [2.75, 3.05) is 12.4 Å². The minimum Gasteiger partial charge on any atom is -0.495 e. The topological polar surface area (TPSA) is 72.5 Å². The molecule has 3 rings (SSSR count). The van der Waals surface area contributed by atoms with Crippen molar-refractivity contribution >= 4 is 23.3 Å². The number of urea groups is 1. The van der Waals surface area contributed by atoms with Gasteiger partial charge in [-0.3, -0.25) is 4.98 Å². The van der Waals surface area contributed by atoms with Crippen LogP contribution in [-0.2, 0) is 12.7 Å². The van der Waals surface area contributed by atoms with Gasteiger partial charge in [0.25, 0.3) is 0 Å². The molecule has 11 heteroatoms. The van der Waals surface area contributed by atoms with E-state index in [4.69, 9.17) is 21.1 Å². The lowest BCUT2D eigenvalue weighted by atomic mass is 10.1. The van der Waals surface area contributed by atoms with Crippen molar-refractivity contribution in [2.24, 2.45) is 0 Å². The van der Waals surface area contributed by atoms with Gasteiger partial charge in [0, 0.05) is 25.0 Å². The van der Waals surface area contributed by atoms with Crippen LogP contribution in [0.4, 0.5) is 28.0 Å². The molecule has 0 aliphatic carbocycles. The summed E-state index contributed by atoms with van der Waals surface area (Å²) in [6, 6.07) is 8.02. The number of carbonyl (C=O) groups excluding carboxylic acids is 1. The Kier molecular flexibility index (Phi) is 7.04. The molecule has 0 aliphatic rings. The second kappa shape index (κ2) is 9.73. The second-order valence-electron chi connectivity index (χ2n) is 6.39. The zero-order chi connectivity index (χ0) is 23.3. The molecule has 0 atom stereocenters. The van der Waals surface area contributed by atoms with Crippen LogP contribution in [0.15, 0.2) is 54.9 Å². The summed E-state index contributed by atoms with van der Waals surface area (Å²) < 4.78 is 63.9. The van der Waals surface area contributed by atoms with Crippen molar-refractivity contribution in [1.82, 2.24) is 10.3 Å². The first-order valence-electron chi connectivity index (χ1n) is 9.03. The zero-order valence-electron chi connectivity index (χ0n) is 16.5. The van der Waals surface area contributed by atoms with Crippen molar-refractivity contribution in [3.8, 4) is 17.2 Å². The van der Waals surface area contributed by atoms with Crippen molar-refractivity contribution in [1.29, 1.82) is 0 Å². The number of amides is 2. The van der Waals surface area contributed by atoms with Crippen LogP contribution in [0.5, 0.6) is 17.2 Å². The normalized spacial score (nSPS) is 11.1. The largest absolute Gasteiger partial charge is 0.495 e. The number of ether oxygens (including phenoxy) is 2. The smallest absolute Gasteiger partial charge is 0.417 e. The number of rotatable bonds is 6. The molecule has 2 N–H and O–H groups in total. The molecule has 3 aromatic rings. The number of hydrogen-bond donors (Lipinski definition) is 2. The minimum absolute atomic E-state index is 0.0185. The monoisotopic (exact) mass is 469 g/mol. The SMILES string of the molecule is COc1cc(Cl)c(C(F)(F)F)cc1NC(=O)NCc1ccc(Oc2ccncc2)c(F)c1. The average molecular weight is 470 g/mol. The summed E-state index contributed by atoms with van der Waals surface area (Å²) in [7, 11) is 1.22. The van der Waals surface area contributed by atoms with E-state index in [0.29, 0.717) is 17.4 Å². The molecule has 2 aromatic carbocycles. The van der Waals surface area contributed by atoms with E-state index in [9.17, 15) is 22.4 Å². The van der Waals surface area contributed by atoms with Crippen molar-refractivity contribution < 1.29 is 31.8 Å². The number of anilines is 1. The predicted octanol–water partition coefficient (Wildman–Crippen LogP) is 6.02. The van der Waals surface area contributed by atoms with Gasteiger partial charge < -0.3 is 20.1 Å². The van der Waals surface area contributed by atoms with E-state index in [1.807, 2.05) is 0 Å². The first kappa shape index (κ1) is 23.1. The number of benzene rings is 2. The Morgan fingerprint density at radius 1 is 1.09 bits per heavy atom. The molecule has 1 heterocycles. The molecule has 0 aliphatic heterocycles. The van der Waals surface area contributed by atoms with Crippen LogP contribution in [0.1, 0.15) is 11.1 Å². The molecular weight excluding hydrogens is 454 g/mol. The molecule has 2 amide bonds. The van der Waals surface area contributed by atoms with Gasteiger partial charge in [0.2, 0.25) is 0 Å². The number of aromatic nitrogens is 1. The Hall–Kier alpha value is -3.53. The fraction of sp³-hybridized carbons (Fsp3) is 0.143. The lowest BCUT2D eigenvalue weighted by molar-refractivity contribution is -0.137. The molecule has 0 bridgehead atoms. The summed E-state index contributed by atoms with van der Waals surface area (Å²) in [6.07, 6.45) is -1.72. The highest BCUT2D eigenvalue weighted by atomic mass is 35.5. The third-order valence-corrected chi connectivity index (χ3v) is 4.48. The molecular formula is C21H16ClF4N3O3. The van der Waals surface area contributed by atoms with E-state index in [-0.39, 0.29) is 23.7 Å². The molecule has 1 aromatic heterocycles. The fourth-order valence-electron chi connectivity index (χ4n) is 2.66. The number of methoxy groups -OCH3 is 1. The highest BCUT2D eigenvalue weighted by molar-refractivity contribution is 6.31. The summed E-state index contributed by atoms with van der Waals surface area (Å²) in [5.41, 5.74) is -0.949. The van der Waals surface area contributed by atoms with Crippen molar-refractivity contribution in [3.63, 3.8) is 0 Å².